The van der Waals surface area contributed by atoms with Gasteiger partial charge in [-0.25, -0.2) is 4.98 Å². The van der Waals surface area contributed by atoms with E-state index in [0.717, 1.165) is 58.0 Å². The van der Waals surface area contributed by atoms with Crippen molar-refractivity contribution < 1.29 is 4.74 Å². The van der Waals surface area contributed by atoms with Crippen LogP contribution in [0.3, 0.4) is 0 Å². The molecule has 7 rings (SSSR count). The summed E-state index contributed by atoms with van der Waals surface area (Å²) in [6.07, 6.45) is 1.81. The van der Waals surface area contributed by atoms with Crippen LogP contribution in [0.2, 0.25) is 0 Å². The number of nitriles is 1. The molecule has 0 aliphatic carbocycles. The molecule has 4 aliphatic heterocycles. The summed E-state index contributed by atoms with van der Waals surface area (Å²) in [5.41, 5.74) is 3.07. The molecule has 4 bridgehead atoms. The predicted molar refractivity (Wildman–Crippen MR) is 117 cm³/mol. The van der Waals surface area contributed by atoms with Gasteiger partial charge in [-0.15, -0.1) is 0 Å². The van der Waals surface area contributed by atoms with Gasteiger partial charge < -0.3 is 10.1 Å². The lowest BCUT2D eigenvalue weighted by Crippen LogP contribution is -2.68. The lowest BCUT2D eigenvalue weighted by molar-refractivity contribution is 0.0331. The molecule has 146 valence electrons. The highest BCUT2D eigenvalue weighted by atomic mass is 79.9. The molecule has 0 radical (unpaired) electrons. The molecule has 2 aromatic heterocycles. The predicted octanol–water partition coefficient (Wildman–Crippen LogP) is 4.10. The maximum atomic E-state index is 10.2. The molecule has 3 aromatic rings. The number of nitrogens with zero attached hydrogens (tertiary/aromatic N) is 5. The van der Waals surface area contributed by atoms with Crippen LogP contribution in [0.15, 0.2) is 41.0 Å². The zero-order chi connectivity index (χ0) is 20.0. The number of benzene rings is 1. The van der Waals surface area contributed by atoms with Crippen molar-refractivity contribution in [3.05, 3.63) is 46.6 Å². The highest BCUT2D eigenvalue weighted by Crippen LogP contribution is 2.43. The van der Waals surface area contributed by atoms with Gasteiger partial charge in [-0.1, -0.05) is 22.0 Å². The Morgan fingerprint density at radius 2 is 2.14 bits per heavy atom. The van der Waals surface area contributed by atoms with Crippen molar-refractivity contribution in [2.75, 3.05) is 43.2 Å². The molecule has 6 heterocycles. The molecule has 29 heavy (non-hydrogen) atoms. The Hall–Kier alpha value is -2.73. The number of nitrogens with one attached hydrogen (secondary N) is 1. The second-order valence-electron chi connectivity index (χ2n) is 7.19. The van der Waals surface area contributed by atoms with Gasteiger partial charge in [0.1, 0.15) is 19.2 Å². The normalized spacial score (nSPS) is 16.9. The van der Waals surface area contributed by atoms with Crippen molar-refractivity contribution in [1.29, 1.82) is 5.26 Å². The fourth-order valence-corrected chi connectivity index (χ4v) is 4.77. The van der Waals surface area contributed by atoms with Crippen LogP contribution in [0.5, 0.6) is 0 Å². The summed E-state index contributed by atoms with van der Waals surface area (Å²) >= 11 is 3.52. The van der Waals surface area contributed by atoms with Gasteiger partial charge >= 0.3 is 0 Å². The fraction of sp³-hybridized carbons (Fsp3) is 0.286. The Morgan fingerprint density at radius 1 is 1.31 bits per heavy atom. The van der Waals surface area contributed by atoms with E-state index in [9.17, 15) is 5.26 Å². The van der Waals surface area contributed by atoms with Gasteiger partial charge in [-0.3, -0.25) is 0 Å². The first-order valence-corrected chi connectivity index (χ1v) is 10.5. The topological polar surface area (TPSA) is 74.1 Å². The smallest absolute Gasteiger partial charge is 0.273 e. The van der Waals surface area contributed by atoms with Crippen molar-refractivity contribution in [3.8, 4) is 6.07 Å². The number of pyridine rings is 2. The molecule has 0 atom stereocenters. The zero-order valence-electron chi connectivity index (χ0n) is 16.0. The molecular formula is C21H20BrN6O+. The number of aromatic nitrogens is 2. The van der Waals surface area contributed by atoms with Gasteiger partial charge in [-0.05, 0) is 31.2 Å². The SMILES string of the molecule is CCN1c2cc3c(Nc4cccc(Br)c4)c(C#N)c(nc3cn2)[N+]12CCOCC2. The number of hydrogen-bond acceptors (Lipinski definition) is 6. The Kier molecular flexibility index (Phi) is 4.39. The van der Waals surface area contributed by atoms with E-state index < -0.39 is 0 Å². The van der Waals surface area contributed by atoms with E-state index in [1.54, 1.807) is 6.20 Å². The van der Waals surface area contributed by atoms with Crippen molar-refractivity contribution in [2.24, 2.45) is 0 Å². The Balaban J connectivity index is 1.81. The van der Waals surface area contributed by atoms with Crippen molar-refractivity contribution in [3.63, 3.8) is 0 Å². The summed E-state index contributed by atoms with van der Waals surface area (Å²) in [5.74, 6) is 1.66. The Bertz CT molecular complexity index is 1150. The number of hydrogen-bond donors (Lipinski definition) is 1. The van der Waals surface area contributed by atoms with E-state index in [1.807, 2.05) is 30.3 Å². The second kappa shape index (κ2) is 6.95. The first-order chi connectivity index (χ1) is 14.2. The number of quaternary nitrogens is 1. The molecule has 4 aliphatic rings. The lowest BCUT2D eigenvalue weighted by Gasteiger charge is -2.47. The summed E-state index contributed by atoms with van der Waals surface area (Å²) in [6, 6.07) is 12.4. The minimum absolute atomic E-state index is 0.461. The van der Waals surface area contributed by atoms with Gasteiger partial charge in [0.2, 0.25) is 0 Å². The van der Waals surface area contributed by atoms with Gasteiger partial charge in [0.05, 0.1) is 37.2 Å². The number of anilines is 3. The number of halogens is 1. The Labute approximate surface area is 177 Å². The Morgan fingerprint density at radius 3 is 2.86 bits per heavy atom. The highest BCUT2D eigenvalue weighted by Gasteiger charge is 2.46. The summed E-state index contributed by atoms with van der Waals surface area (Å²) in [4.78, 5) is 9.62. The van der Waals surface area contributed by atoms with Crippen LogP contribution in [0.25, 0.3) is 10.9 Å². The van der Waals surface area contributed by atoms with Crippen LogP contribution in [0, 0.1) is 11.3 Å². The molecule has 0 unspecified atom stereocenters. The van der Waals surface area contributed by atoms with E-state index in [-0.39, 0.29) is 0 Å². The molecule has 1 spiro atoms. The average molecular weight is 452 g/mol. The number of morpholine rings is 1. The maximum absolute atomic E-state index is 10.2. The van der Waals surface area contributed by atoms with E-state index in [1.165, 1.54) is 0 Å². The molecular weight excluding hydrogens is 432 g/mol. The number of ether oxygens (including phenoxy) is 1. The van der Waals surface area contributed by atoms with Gasteiger partial charge in [0.25, 0.3) is 5.82 Å². The third-order valence-electron chi connectivity index (χ3n) is 5.68. The minimum atomic E-state index is 0.461. The number of rotatable bonds is 3. The summed E-state index contributed by atoms with van der Waals surface area (Å²) in [5, 5.41) is 16.8. The molecule has 8 heteroatoms. The molecule has 1 aromatic carbocycles. The van der Waals surface area contributed by atoms with Gasteiger partial charge in [0, 0.05) is 15.5 Å². The van der Waals surface area contributed by atoms with E-state index >= 15 is 0 Å². The van der Waals surface area contributed by atoms with Crippen molar-refractivity contribution >= 4 is 49.8 Å². The lowest BCUT2D eigenvalue weighted by atomic mass is 10.1. The third-order valence-corrected chi connectivity index (χ3v) is 6.17. The molecule has 1 N–H and O–H groups in total. The first kappa shape index (κ1) is 18.3. The molecule has 0 saturated carbocycles. The molecule has 1 saturated heterocycles. The van der Waals surface area contributed by atoms with E-state index in [0.29, 0.717) is 23.4 Å². The van der Waals surface area contributed by atoms with Crippen molar-refractivity contribution in [2.45, 2.75) is 6.92 Å². The molecule has 7 nitrogen and oxygen atoms in total. The highest BCUT2D eigenvalue weighted by molar-refractivity contribution is 9.10. The number of fused-ring (bicyclic) bond motifs is 2. The van der Waals surface area contributed by atoms with E-state index in [4.69, 9.17) is 9.72 Å². The molecule has 0 amide bonds. The fourth-order valence-electron chi connectivity index (χ4n) is 4.37. The van der Waals surface area contributed by atoms with Crippen LogP contribution >= 0.6 is 15.9 Å². The first-order valence-electron chi connectivity index (χ1n) is 9.66. The van der Waals surface area contributed by atoms with Crippen molar-refractivity contribution in [1.82, 2.24) is 14.6 Å². The third kappa shape index (κ3) is 2.77. The largest absolute Gasteiger partial charge is 0.370 e. The van der Waals surface area contributed by atoms with Crippen LogP contribution < -0.4 is 14.9 Å². The minimum Gasteiger partial charge on any atom is -0.370 e. The quantitative estimate of drug-likeness (QED) is 0.604. The summed E-state index contributed by atoms with van der Waals surface area (Å²) in [6.45, 7) is 5.55. The zero-order valence-corrected chi connectivity index (χ0v) is 17.6. The van der Waals surface area contributed by atoms with Gasteiger partial charge in [0.15, 0.2) is 11.4 Å². The second-order valence-corrected chi connectivity index (χ2v) is 8.11. The standard InChI is InChI=1S/C21H20BrN6O/c1-2-27-19-11-16-18(13-24-19)26-21(28(27)6-8-29-9-7-28)17(12-23)20(16)25-15-5-3-4-14(22)10-15/h3-5,10-11,13H,2,6-9H2,1H3,(H,25,26)/q+1. The average Bonchev–Trinajstić information content (AvgIpc) is 2.74. The van der Waals surface area contributed by atoms with Crippen LogP contribution in [-0.4, -0.2) is 42.8 Å². The van der Waals surface area contributed by atoms with Crippen LogP contribution in [0.4, 0.5) is 23.0 Å². The monoisotopic (exact) mass is 451 g/mol. The van der Waals surface area contributed by atoms with Crippen LogP contribution in [0.1, 0.15) is 12.5 Å². The maximum Gasteiger partial charge on any atom is 0.273 e. The van der Waals surface area contributed by atoms with Gasteiger partial charge in [-0.2, -0.15) is 19.8 Å². The van der Waals surface area contributed by atoms with E-state index in [2.05, 4.69) is 44.2 Å². The summed E-state index contributed by atoms with van der Waals surface area (Å²) in [7, 11) is 0. The van der Waals surface area contributed by atoms with Crippen LogP contribution in [-0.2, 0) is 4.74 Å². The molecule has 1 fully saturated rings. The summed E-state index contributed by atoms with van der Waals surface area (Å²) < 4.78 is 7.10.